The summed E-state index contributed by atoms with van der Waals surface area (Å²) in [4.78, 5) is 40.1. The maximum absolute atomic E-state index is 13.4. The zero-order valence-corrected chi connectivity index (χ0v) is 18.3. The first-order valence-electron chi connectivity index (χ1n) is 10.3. The van der Waals surface area contributed by atoms with E-state index in [4.69, 9.17) is 5.73 Å². The van der Waals surface area contributed by atoms with Crippen LogP contribution in [-0.2, 0) is 16.0 Å². The van der Waals surface area contributed by atoms with Crippen LogP contribution in [0.5, 0.6) is 5.75 Å². The minimum Gasteiger partial charge on any atom is -0.510 e. The Labute approximate surface area is 184 Å². The molecule has 4 atom stereocenters. The number of aliphatic hydroxyl groups is 3. The lowest BCUT2D eigenvalue weighted by molar-refractivity contribution is -0.148. The highest BCUT2D eigenvalue weighted by Crippen LogP contribution is 2.52. The molecule has 0 aromatic heterocycles. The van der Waals surface area contributed by atoms with E-state index in [2.05, 4.69) is 0 Å². The van der Waals surface area contributed by atoms with Gasteiger partial charge in [-0.25, -0.2) is 0 Å². The minimum absolute atomic E-state index is 0.0447. The summed E-state index contributed by atoms with van der Waals surface area (Å²) in [6.07, 6.45) is 0.383. The van der Waals surface area contributed by atoms with Gasteiger partial charge in [0.2, 0.25) is 5.78 Å². The van der Waals surface area contributed by atoms with Crippen LogP contribution < -0.4 is 5.73 Å². The molecule has 1 aromatic rings. The summed E-state index contributed by atoms with van der Waals surface area (Å²) in [5, 5.41) is 44.0. The molecule has 3 aliphatic carbocycles. The number of carbonyl (C=O) groups excluding carboxylic acids is 3. The lowest BCUT2D eigenvalue weighted by atomic mass is 9.58. The number of rotatable bonds is 2. The molecular weight excluding hydrogens is 416 g/mol. The molecule has 0 unspecified atom stereocenters. The number of likely N-dealkylation sites (N-methyl/N-ethyl adjacent to an activating group) is 1. The molecular formula is C23H26N2O7. The number of benzene rings is 1. The highest BCUT2D eigenvalue weighted by molar-refractivity contribution is 6.24. The highest BCUT2D eigenvalue weighted by atomic mass is 16.3. The number of aromatic hydroxyl groups is 1. The highest BCUT2D eigenvalue weighted by Gasteiger charge is 2.63. The van der Waals surface area contributed by atoms with E-state index in [1.165, 1.54) is 4.90 Å². The van der Waals surface area contributed by atoms with Crippen LogP contribution in [0, 0.1) is 25.7 Å². The molecule has 9 heteroatoms. The van der Waals surface area contributed by atoms with Gasteiger partial charge in [0.25, 0.3) is 5.91 Å². The topological polar surface area (TPSA) is 161 Å². The number of hydrogen-bond donors (Lipinski definition) is 5. The van der Waals surface area contributed by atoms with E-state index in [0.717, 1.165) is 5.56 Å². The molecule has 9 nitrogen and oxygen atoms in total. The normalized spacial score (nSPS) is 29.8. The third-order valence-corrected chi connectivity index (χ3v) is 7.14. The standard InChI is InChI=1S/C23H26N2O7/c1-8-5-9(2)17(26)14-11(8)6-10-7-12-16(25(3)4)19(28)15(22(24)31)21(30)23(12,32)20(29)13(10)18(14)27/h5,10,12,16,26,28-29,32H,6-7H2,1-4H3,(H2,24,31)/t10-,12-,16-,23-/m0/s1. The first kappa shape index (κ1) is 22.0. The Hall–Kier alpha value is -3.17. The van der Waals surface area contributed by atoms with E-state index < -0.39 is 58.0 Å². The predicted octanol–water partition coefficient (Wildman–Crippen LogP) is 0.737. The number of aryl methyl sites for hydroxylation is 2. The summed E-state index contributed by atoms with van der Waals surface area (Å²) in [6, 6.07) is 0.781. The van der Waals surface area contributed by atoms with Crippen molar-refractivity contribution in [2.24, 2.45) is 17.6 Å². The lowest BCUT2D eigenvalue weighted by Gasteiger charge is -2.50. The molecule has 0 heterocycles. The van der Waals surface area contributed by atoms with Crippen LogP contribution in [0.3, 0.4) is 0 Å². The van der Waals surface area contributed by atoms with E-state index in [0.29, 0.717) is 17.5 Å². The lowest BCUT2D eigenvalue weighted by Crippen LogP contribution is -2.63. The molecule has 0 saturated carbocycles. The molecule has 4 rings (SSSR count). The number of nitrogens with zero attached hydrogens (tertiary/aromatic N) is 1. The van der Waals surface area contributed by atoms with Crippen LogP contribution in [0.4, 0.5) is 0 Å². The third-order valence-electron chi connectivity index (χ3n) is 7.14. The molecule has 0 fully saturated rings. The van der Waals surface area contributed by atoms with Crippen molar-refractivity contribution in [3.63, 3.8) is 0 Å². The average Bonchev–Trinajstić information content (AvgIpc) is 2.68. The van der Waals surface area contributed by atoms with Crippen molar-refractivity contribution in [3.05, 3.63) is 51.0 Å². The fraction of sp³-hybridized carbons (Fsp3) is 0.435. The zero-order valence-electron chi connectivity index (χ0n) is 18.3. The van der Waals surface area contributed by atoms with Gasteiger partial charge in [-0.3, -0.25) is 19.3 Å². The number of ketones is 2. The number of phenols is 1. The molecule has 32 heavy (non-hydrogen) atoms. The summed E-state index contributed by atoms with van der Waals surface area (Å²) in [5.41, 5.74) is 3.73. The van der Waals surface area contributed by atoms with Gasteiger partial charge < -0.3 is 26.2 Å². The number of nitrogens with two attached hydrogens (primary N) is 1. The van der Waals surface area contributed by atoms with Crippen LogP contribution in [0.2, 0.25) is 0 Å². The Morgan fingerprint density at radius 1 is 1.16 bits per heavy atom. The van der Waals surface area contributed by atoms with Crippen LogP contribution in [0.25, 0.3) is 0 Å². The van der Waals surface area contributed by atoms with Crippen LogP contribution >= 0.6 is 0 Å². The third kappa shape index (κ3) is 2.61. The Morgan fingerprint density at radius 2 is 1.78 bits per heavy atom. The van der Waals surface area contributed by atoms with Gasteiger partial charge in [-0.05, 0) is 63.4 Å². The van der Waals surface area contributed by atoms with E-state index in [9.17, 15) is 34.8 Å². The van der Waals surface area contributed by atoms with Gasteiger partial charge in [-0.2, -0.15) is 0 Å². The number of hydrogen-bond acceptors (Lipinski definition) is 8. The Morgan fingerprint density at radius 3 is 2.34 bits per heavy atom. The van der Waals surface area contributed by atoms with Gasteiger partial charge in [0.1, 0.15) is 22.8 Å². The minimum atomic E-state index is -2.61. The van der Waals surface area contributed by atoms with Crippen molar-refractivity contribution in [2.75, 3.05) is 14.1 Å². The summed E-state index contributed by atoms with van der Waals surface area (Å²) >= 11 is 0. The van der Waals surface area contributed by atoms with Crippen molar-refractivity contribution < 1.29 is 34.8 Å². The fourth-order valence-electron chi connectivity index (χ4n) is 5.67. The Kier molecular flexibility index (Phi) is 4.76. The van der Waals surface area contributed by atoms with Crippen molar-refractivity contribution in [1.29, 1.82) is 0 Å². The van der Waals surface area contributed by atoms with Crippen molar-refractivity contribution in [2.45, 2.75) is 38.3 Å². The van der Waals surface area contributed by atoms with Crippen LogP contribution in [0.1, 0.15) is 33.5 Å². The van der Waals surface area contributed by atoms with Crippen LogP contribution in [-0.4, -0.2) is 68.5 Å². The number of fused-ring (bicyclic) bond motifs is 3. The number of phenolic OH excluding ortho intramolecular Hbond substituents is 1. The van der Waals surface area contributed by atoms with Gasteiger partial charge in [-0.1, -0.05) is 6.07 Å². The maximum atomic E-state index is 13.4. The second-order valence-electron chi connectivity index (χ2n) is 9.18. The SMILES string of the molecule is Cc1cc(C)c2c(c1O)C(=O)C1=C(O)[C@]3(O)C(=O)C(C(N)=O)=C(O)[C@@H](N(C)C)[C@@H]3C[C@@H]1C2. The molecule has 170 valence electrons. The molecule has 0 bridgehead atoms. The number of aliphatic hydroxyl groups excluding tert-OH is 2. The largest absolute Gasteiger partial charge is 0.510 e. The molecule has 3 aliphatic rings. The summed E-state index contributed by atoms with van der Waals surface area (Å²) in [7, 11) is 3.19. The zero-order chi connectivity index (χ0) is 23.9. The summed E-state index contributed by atoms with van der Waals surface area (Å²) in [5.74, 6) is -6.36. The monoisotopic (exact) mass is 442 g/mol. The summed E-state index contributed by atoms with van der Waals surface area (Å²) < 4.78 is 0. The smallest absolute Gasteiger partial charge is 0.255 e. The van der Waals surface area contributed by atoms with Gasteiger partial charge in [0.15, 0.2) is 11.4 Å². The molecule has 0 aliphatic heterocycles. The Bertz CT molecular complexity index is 1160. The quantitative estimate of drug-likeness (QED) is 0.419. The molecule has 1 amide bonds. The molecule has 0 spiro atoms. The van der Waals surface area contributed by atoms with Crippen molar-refractivity contribution in [1.82, 2.24) is 4.90 Å². The van der Waals surface area contributed by atoms with E-state index in [1.54, 1.807) is 27.1 Å². The molecule has 6 N–H and O–H groups in total. The van der Waals surface area contributed by atoms with Crippen LogP contribution in [0.15, 0.2) is 28.7 Å². The van der Waals surface area contributed by atoms with Gasteiger partial charge in [-0.15, -0.1) is 0 Å². The predicted molar refractivity (Wildman–Crippen MR) is 113 cm³/mol. The summed E-state index contributed by atoms with van der Waals surface area (Å²) in [6.45, 7) is 3.48. The number of allylic oxidation sites excluding steroid dienone is 1. The average molecular weight is 442 g/mol. The van der Waals surface area contributed by atoms with Gasteiger partial charge >= 0.3 is 0 Å². The van der Waals surface area contributed by atoms with Gasteiger partial charge in [0, 0.05) is 11.5 Å². The first-order chi connectivity index (χ1) is 14.8. The molecule has 0 saturated heterocycles. The number of Topliss-reactive ketones (excluding diaryl/α,β-unsaturated/α-hetero) is 2. The van der Waals surface area contributed by atoms with E-state index in [-0.39, 0.29) is 23.3 Å². The van der Waals surface area contributed by atoms with E-state index >= 15 is 0 Å². The number of amides is 1. The molecule has 0 radical (unpaired) electrons. The Balaban J connectivity index is 1.99. The first-order valence-corrected chi connectivity index (χ1v) is 10.3. The number of primary amides is 1. The second kappa shape index (κ2) is 6.91. The fourth-order valence-corrected chi connectivity index (χ4v) is 5.67. The maximum Gasteiger partial charge on any atom is 0.255 e. The van der Waals surface area contributed by atoms with Crippen molar-refractivity contribution in [3.8, 4) is 5.75 Å². The number of carbonyl (C=O) groups is 3. The van der Waals surface area contributed by atoms with Crippen molar-refractivity contribution >= 4 is 17.5 Å². The second-order valence-corrected chi connectivity index (χ2v) is 9.18. The van der Waals surface area contributed by atoms with Gasteiger partial charge in [0.05, 0.1) is 11.6 Å². The molecule has 1 aromatic carbocycles. The van der Waals surface area contributed by atoms with E-state index in [1.807, 2.05) is 6.92 Å².